The van der Waals surface area contributed by atoms with E-state index in [2.05, 4.69) is 11.9 Å². The van der Waals surface area contributed by atoms with Crippen LogP contribution in [0.1, 0.15) is 30.9 Å². The Morgan fingerprint density at radius 1 is 1.56 bits per heavy atom. The number of aromatic amines is 1. The van der Waals surface area contributed by atoms with Crippen molar-refractivity contribution in [3.8, 4) is 6.07 Å². The molecule has 1 heterocycles. The van der Waals surface area contributed by atoms with Crippen LogP contribution < -0.4 is 11.3 Å². The molecule has 0 spiro atoms. The van der Waals surface area contributed by atoms with Crippen LogP contribution in [0.2, 0.25) is 0 Å². The second-order valence-electron chi connectivity index (χ2n) is 3.47. The van der Waals surface area contributed by atoms with Gasteiger partial charge in [0.25, 0.3) is 5.56 Å². The molecule has 0 unspecified atom stereocenters. The zero-order valence-corrected chi connectivity index (χ0v) is 10.3. The number of aromatic nitrogens is 1. The van der Waals surface area contributed by atoms with Gasteiger partial charge in [-0.1, -0.05) is 13.3 Å². The first-order valence-electron chi connectivity index (χ1n) is 5.14. The summed E-state index contributed by atoms with van der Waals surface area (Å²) >= 11 is 1.46. The summed E-state index contributed by atoms with van der Waals surface area (Å²) < 4.78 is 0. The number of nitrogens with zero attached hydrogens (tertiary/aromatic N) is 1. The lowest BCUT2D eigenvalue weighted by atomic mass is 10.0. The van der Waals surface area contributed by atoms with Crippen LogP contribution in [0.15, 0.2) is 9.69 Å². The first kappa shape index (κ1) is 12.7. The molecule has 3 N–H and O–H groups in total. The number of nitrogens with two attached hydrogens (primary N) is 1. The molecule has 1 rings (SSSR count). The maximum atomic E-state index is 11.6. The summed E-state index contributed by atoms with van der Waals surface area (Å²) in [6, 6.07) is 1.96. The van der Waals surface area contributed by atoms with Gasteiger partial charge in [0.05, 0.1) is 4.90 Å². The molecule has 0 aliphatic rings. The van der Waals surface area contributed by atoms with E-state index in [0.717, 1.165) is 29.7 Å². The maximum absolute atomic E-state index is 11.6. The number of thioether (sulfide) groups is 1. The number of nitrogens with one attached hydrogen (secondary N) is 1. The average molecular weight is 237 g/mol. The molecule has 0 aliphatic heterocycles. The fraction of sp³-hybridized carbons (Fsp3) is 0.455. The van der Waals surface area contributed by atoms with Crippen LogP contribution in [-0.2, 0) is 6.42 Å². The Morgan fingerprint density at radius 3 is 2.75 bits per heavy atom. The third-order valence-electron chi connectivity index (χ3n) is 2.39. The second-order valence-corrected chi connectivity index (χ2v) is 4.29. The van der Waals surface area contributed by atoms with Crippen molar-refractivity contribution in [2.75, 3.05) is 12.0 Å². The van der Waals surface area contributed by atoms with E-state index in [-0.39, 0.29) is 11.1 Å². The normalized spacial score (nSPS) is 10.1. The lowest BCUT2D eigenvalue weighted by molar-refractivity contribution is 0.780. The molecule has 0 aromatic carbocycles. The Labute approximate surface area is 98.9 Å². The largest absolute Gasteiger partial charge is 0.384 e. The number of hydrogen-bond acceptors (Lipinski definition) is 4. The van der Waals surface area contributed by atoms with E-state index in [9.17, 15) is 4.79 Å². The van der Waals surface area contributed by atoms with Crippen LogP contribution in [0.25, 0.3) is 0 Å². The second kappa shape index (κ2) is 5.61. The van der Waals surface area contributed by atoms with Crippen molar-refractivity contribution in [2.45, 2.75) is 31.1 Å². The molecule has 5 heteroatoms. The van der Waals surface area contributed by atoms with Gasteiger partial charge in [0, 0.05) is 0 Å². The van der Waals surface area contributed by atoms with Crippen LogP contribution in [0.4, 0.5) is 5.82 Å². The summed E-state index contributed by atoms with van der Waals surface area (Å²) in [7, 11) is 0. The highest BCUT2D eigenvalue weighted by molar-refractivity contribution is 7.98. The van der Waals surface area contributed by atoms with Gasteiger partial charge in [0.1, 0.15) is 17.5 Å². The van der Waals surface area contributed by atoms with Gasteiger partial charge in [-0.05, 0) is 24.7 Å². The Bertz CT molecular complexity index is 473. The molecule has 0 saturated carbocycles. The number of hydrogen-bond donors (Lipinski definition) is 2. The standard InChI is InChI=1S/C11H15N3OS/c1-3-4-5-7-8(6-12)11(15)14-10(13)9(7)16-2/h3-5H2,1-2H3,(H3,13,14,15). The van der Waals surface area contributed by atoms with Crippen LogP contribution >= 0.6 is 11.8 Å². The molecule has 0 amide bonds. The number of pyridine rings is 1. The van der Waals surface area contributed by atoms with E-state index in [1.54, 1.807) is 0 Å². The third-order valence-corrected chi connectivity index (χ3v) is 3.27. The predicted octanol–water partition coefficient (Wildman–Crippen LogP) is 1.89. The Balaban J connectivity index is 3.38. The number of unbranched alkanes of at least 4 members (excludes halogenated alkanes) is 1. The Morgan fingerprint density at radius 2 is 2.25 bits per heavy atom. The molecule has 16 heavy (non-hydrogen) atoms. The molecule has 0 bridgehead atoms. The number of anilines is 1. The summed E-state index contributed by atoms with van der Waals surface area (Å²) in [5, 5.41) is 8.99. The van der Waals surface area contributed by atoms with Gasteiger partial charge in [-0.3, -0.25) is 4.79 Å². The summed E-state index contributed by atoms with van der Waals surface area (Å²) in [6.07, 6.45) is 4.58. The maximum Gasteiger partial charge on any atom is 0.267 e. The zero-order valence-electron chi connectivity index (χ0n) is 9.46. The van der Waals surface area contributed by atoms with E-state index in [1.165, 1.54) is 11.8 Å². The highest BCUT2D eigenvalue weighted by Crippen LogP contribution is 2.27. The van der Waals surface area contributed by atoms with E-state index >= 15 is 0 Å². The molecule has 1 aromatic rings. The van der Waals surface area contributed by atoms with Crippen molar-refractivity contribution in [1.82, 2.24) is 4.98 Å². The molecule has 1 aromatic heterocycles. The minimum absolute atomic E-state index is 0.201. The van der Waals surface area contributed by atoms with E-state index < -0.39 is 0 Å². The Hall–Kier alpha value is -1.41. The quantitative estimate of drug-likeness (QED) is 0.783. The number of nitrogen functional groups attached to an aromatic ring is 1. The molecule has 0 fully saturated rings. The van der Waals surface area contributed by atoms with Crippen LogP contribution in [0.3, 0.4) is 0 Å². The minimum Gasteiger partial charge on any atom is -0.384 e. The van der Waals surface area contributed by atoms with E-state index in [4.69, 9.17) is 11.0 Å². The fourth-order valence-corrected chi connectivity index (χ4v) is 2.32. The van der Waals surface area contributed by atoms with Gasteiger partial charge in [-0.2, -0.15) is 5.26 Å². The van der Waals surface area contributed by atoms with E-state index in [0.29, 0.717) is 5.82 Å². The smallest absolute Gasteiger partial charge is 0.267 e. The minimum atomic E-state index is -0.385. The monoisotopic (exact) mass is 237 g/mol. The number of H-pyrrole nitrogens is 1. The lowest BCUT2D eigenvalue weighted by Gasteiger charge is -2.10. The van der Waals surface area contributed by atoms with Gasteiger partial charge < -0.3 is 10.7 Å². The molecule has 0 saturated heterocycles. The summed E-state index contributed by atoms with van der Waals surface area (Å²) in [5.74, 6) is 0.364. The molecule has 86 valence electrons. The van der Waals surface area contributed by atoms with Crippen molar-refractivity contribution < 1.29 is 0 Å². The molecule has 0 atom stereocenters. The van der Waals surface area contributed by atoms with Crippen LogP contribution in [0, 0.1) is 11.3 Å². The number of rotatable bonds is 4. The van der Waals surface area contributed by atoms with E-state index in [1.807, 2.05) is 12.3 Å². The van der Waals surface area contributed by atoms with Crippen molar-refractivity contribution in [3.05, 3.63) is 21.5 Å². The summed E-state index contributed by atoms with van der Waals surface area (Å²) in [4.78, 5) is 14.9. The average Bonchev–Trinajstić information content (AvgIpc) is 2.26. The fourth-order valence-electron chi connectivity index (χ4n) is 1.60. The van der Waals surface area contributed by atoms with Crippen molar-refractivity contribution >= 4 is 17.6 Å². The van der Waals surface area contributed by atoms with Crippen LogP contribution in [-0.4, -0.2) is 11.2 Å². The van der Waals surface area contributed by atoms with Gasteiger partial charge in [0.2, 0.25) is 0 Å². The SMILES string of the molecule is CCCCc1c(SC)c(N)[nH]c(=O)c1C#N. The molecule has 4 nitrogen and oxygen atoms in total. The van der Waals surface area contributed by atoms with Gasteiger partial charge >= 0.3 is 0 Å². The molecule has 0 aliphatic carbocycles. The molecular formula is C11H15N3OS. The van der Waals surface area contributed by atoms with Gasteiger partial charge in [0.15, 0.2) is 0 Å². The third kappa shape index (κ3) is 2.39. The zero-order chi connectivity index (χ0) is 12.1. The van der Waals surface area contributed by atoms with Gasteiger partial charge in [-0.15, -0.1) is 11.8 Å². The topological polar surface area (TPSA) is 82.7 Å². The van der Waals surface area contributed by atoms with Crippen molar-refractivity contribution in [2.24, 2.45) is 0 Å². The van der Waals surface area contributed by atoms with Gasteiger partial charge in [-0.25, -0.2) is 0 Å². The summed E-state index contributed by atoms with van der Waals surface area (Å²) in [5.41, 5.74) is 6.35. The first-order valence-corrected chi connectivity index (χ1v) is 6.36. The predicted molar refractivity (Wildman–Crippen MR) is 66.6 cm³/mol. The number of nitriles is 1. The summed E-state index contributed by atoms with van der Waals surface area (Å²) in [6.45, 7) is 2.07. The molecular weight excluding hydrogens is 222 g/mol. The highest BCUT2D eigenvalue weighted by Gasteiger charge is 2.14. The Kier molecular flexibility index (Phi) is 4.44. The first-order chi connectivity index (χ1) is 7.65. The van der Waals surface area contributed by atoms with Crippen molar-refractivity contribution in [3.63, 3.8) is 0 Å². The highest BCUT2D eigenvalue weighted by atomic mass is 32.2. The van der Waals surface area contributed by atoms with Crippen LogP contribution in [0.5, 0.6) is 0 Å². The lowest BCUT2D eigenvalue weighted by Crippen LogP contribution is -2.17. The van der Waals surface area contributed by atoms with Crippen molar-refractivity contribution in [1.29, 1.82) is 5.26 Å². The molecule has 0 radical (unpaired) electrons.